The predicted molar refractivity (Wildman–Crippen MR) is 117 cm³/mol. The van der Waals surface area contributed by atoms with Gasteiger partial charge in [0.15, 0.2) is 30.2 Å². The Balaban J connectivity index is 2.16. The van der Waals surface area contributed by atoms with Gasteiger partial charge in [-0.3, -0.25) is 19.0 Å². The highest BCUT2D eigenvalue weighted by atomic mass is 32.1. The second-order valence-corrected chi connectivity index (χ2v) is 7.54. The number of carbonyl (C=O) groups excluding carboxylic acids is 3. The number of thiocarbonyl (C=S) groups is 1. The van der Waals surface area contributed by atoms with Crippen molar-refractivity contribution in [3.63, 3.8) is 0 Å². The highest BCUT2D eigenvalue weighted by Crippen LogP contribution is 2.44. The van der Waals surface area contributed by atoms with Gasteiger partial charge in [0.25, 0.3) is 0 Å². The summed E-state index contributed by atoms with van der Waals surface area (Å²) in [6, 6.07) is 6.77. The Labute approximate surface area is 193 Å². The van der Waals surface area contributed by atoms with Crippen molar-refractivity contribution in [3.05, 3.63) is 24.3 Å². The van der Waals surface area contributed by atoms with Gasteiger partial charge in [-0.25, -0.2) is 0 Å². The first-order valence-electron chi connectivity index (χ1n) is 9.76. The molecule has 2 aromatic rings. The van der Waals surface area contributed by atoms with Crippen LogP contribution in [0.2, 0.25) is 0 Å². The lowest BCUT2D eigenvalue weighted by Gasteiger charge is -2.41. The van der Waals surface area contributed by atoms with E-state index >= 15 is 0 Å². The summed E-state index contributed by atoms with van der Waals surface area (Å²) < 4.78 is 23.2. The first-order valence-corrected chi connectivity index (χ1v) is 10.2. The molecule has 3 N–H and O–H groups in total. The lowest BCUT2D eigenvalue weighted by atomic mass is 10.0. The van der Waals surface area contributed by atoms with E-state index in [0.717, 1.165) is 13.8 Å². The molecule has 1 aromatic carbocycles. The topological polar surface area (TPSA) is 164 Å². The third-order valence-corrected chi connectivity index (χ3v) is 4.77. The molecule has 1 saturated heterocycles. The minimum Gasteiger partial charge on any atom is -0.493 e. The molecule has 1 aliphatic rings. The number of benzene rings is 1. The fraction of sp³-hybridized carbons (Fsp3) is 0.400. The van der Waals surface area contributed by atoms with E-state index in [-0.39, 0.29) is 23.3 Å². The summed E-state index contributed by atoms with van der Waals surface area (Å²) in [7, 11) is 0. The molecule has 0 radical (unpaired) electrons. The van der Waals surface area contributed by atoms with E-state index in [0.29, 0.717) is 10.9 Å². The molecular weight excluding hydrogens is 456 g/mol. The van der Waals surface area contributed by atoms with Crippen LogP contribution in [0.5, 0.6) is 5.88 Å². The third-order valence-electron chi connectivity index (χ3n) is 4.69. The lowest BCUT2D eigenvalue weighted by molar-refractivity contribution is -0.239. The maximum atomic E-state index is 11.9. The number of rotatable bonds is 5. The van der Waals surface area contributed by atoms with Gasteiger partial charge in [-0.15, -0.1) is 10.2 Å². The number of fused-ring (bicyclic) bond motifs is 1. The van der Waals surface area contributed by atoms with E-state index in [1.165, 1.54) is 11.5 Å². The van der Waals surface area contributed by atoms with Crippen LogP contribution in [0.25, 0.3) is 10.9 Å². The first-order chi connectivity index (χ1) is 15.6. The molecule has 1 aromatic heterocycles. The minimum atomic E-state index is -1.29. The zero-order valence-electron chi connectivity index (χ0n) is 18.0. The van der Waals surface area contributed by atoms with E-state index in [4.69, 9.17) is 36.9 Å². The summed E-state index contributed by atoms with van der Waals surface area (Å²) in [4.78, 5) is 35.3. The van der Waals surface area contributed by atoms with Gasteiger partial charge in [-0.1, -0.05) is 18.2 Å². The van der Waals surface area contributed by atoms with Gasteiger partial charge in [0.1, 0.15) is 0 Å². The summed E-state index contributed by atoms with van der Waals surface area (Å²) in [6.07, 6.45) is -4.73. The molecule has 2 heterocycles. The molecule has 176 valence electrons. The first kappa shape index (κ1) is 24.1. The molecule has 4 atom stereocenters. The molecule has 0 bridgehead atoms. The van der Waals surface area contributed by atoms with Crippen LogP contribution in [0.1, 0.15) is 27.0 Å². The van der Waals surface area contributed by atoms with Crippen molar-refractivity contribution in [2.75, 3.05) is 6.61 Å². The average Bonchev–Trinajstić information content (AvgIpc) is 2.99. The van der Waals surface area contributed by atoms with E-state index in [1.807, 2.05) is 0 Å². The van der Waals surface area contributed by atoms with Crippen LogP contribution < -0.4 is 5.73 Å². The maximum absolute atomic E-state index is 11.9. The number of hydrogen-bond acceptors (Lipinski definition) is 10. The Morgan fingerprint density at radius 3 is 2.30 bits per heavy atom. The molecule has 0 amide bonds. The molecule has 0 saturated carbocycles. The standard InChI is InChI=1S/C20H22N4O8S/c1-9(25)30-14-8-29-19(17(32-11(3)27)16(14)31-10(2)26)24-13-7-5-4-6-12(13)15(18(24)28)22-23-20(21)33/h4-7,14,16-17,19,28H,8H2,1-3H3,(H2,21,33)/t14-,16-,17-,19-/m1/s1. The van der Waals surface area contributed by atoms with Gasteiger partial charge in [0.05, 0.1) is 12.1 Å². The zero-order chi connectivity index (χ0) is 24.3. The van der Waals surface area contributed by atoms with Gasteiger partial charge < -0.3 is 29.8 Å². The Kier molecular flexibility index (Phi) is 7.23. The molecule has 0 aliphatic carbocycles. The lowest BCUT2D eigenvalue weighted by Crippen LogP contribution is -2.55. The molecule has 12 nitrogen and oxygen atoms in total. The fourth-order valence-corrected chi connectivity index (χ4v) is 3.67. The Morgan fingerprint density at radius 1 is 1.09 bits per heavy atom. The number of hydrogen-bond donors (Lipinski definition) is 2. The van der Waals surface area contributed by atoms with Crippen LogP contribution >= 0.6 is 12.2 Å². The maximum Gasteiger partial charge on any atom is 0.303 e. The minimum absolute atomic E-state index is 0.0507. The second kappa shape index (κ2) is 9.92. The van der Waals surface area contributed by atoms with Crippen LogP contribution in [0.4, 0.5) is 5.69 Å². The van der Waals surface area contributed by atoms with E-state index in [9.17, 15) is 19.5 Å². The summed E-state index contributed by atoms with van der Waals surface area (Å²) in [6.45, 7) is 3.29. The number of carbonyl (C=O) groups is 3. The van der Waals surface area contributed by atoms with Crippen molar-refractivity contribution in [3.8, 4) is 5.88 Å². The van der Waals surface area contributed by atoms with E-state index < -0.39 is 42.4 Å². The second-order valence-electron chi connectivity index (χ2n) is 7.12. The molecule has 33 heavy (non-hydrogen) atoms. The highest BCUT2D eigenvalue weighted by Gasteiger charge is 2.48. The summed E-state index contributed by atoms with van der Waals surface area (Å²) in [5, 5.41) is 18.8. The monoisotopic (exact) mass is 478 g/mol. The SMILES string of the molecule is CC(=O)O[C@@H]1[C@H](OC(C)=O)[C@H](OC(C)=O)CO[C@H]1n1c(O)c(N=NC(N)=S)c2ccccc21. The number of nitrogens with two attached hydrogens (primary N) is 1. The Morgan fingerprint density at radius 2 is 1.70 bits per heavy atom. The number of aromatic nitrogens is 1. The number of para-hydroxylation sites is 1. The predicted octanol–water partition coefficient (Wildman–Crippen LogP) is 2.00. The van der Waals surface area contributed by atoms with Crippen molar-refractivity contribution < 1.29 is 38.4 Å². The Bertz CT molecular complexity index is 1130. The number of esters is 3. The summed E-state index contributed by atoms with van der Waals surface area (Å²) in [5.41, 5.74) is 5.89. The van der Waals surface area contributed by atoms with Crippen molar-refractivity contribution >= 4 is 51.8 Å². The molecule has 13 heteroatoms. The van der Waals surface area contributed by atoms with Crippen LogP contribution in [-0.2, 0) is 33.3 Å². The van der Waals surface area contributed by atoms with Gasteiger partial charge in [0, 0.05) is 26.2 Å². The highest BCUT2D eigenvalue weighted by molar-refractivity contribution is 7.80. The number of ether oxygens (including phenoxy) is 4. The zero-order valence-corrected chi connectivity index (χ0v) is 18.8. The van der Waals surface area contributed by atoms with Gasteiger partial charge >= 0.3 is 17.9 Å². The van der Waals surface area contributed by atoms with Crippen LogP contribution in [-0.4, -0.2) is 57.6 Å². The number of nitrogens with zero attached hydrogens (tertiary/aromatic N) is 3. The normalized spacial score (nSPS) is 22.8. The van der Waals surface area contributed by atoms with Crippen molar-refractivity contribution in [2.24, 2.45) is 16.0 Å². The quantitative estimate of drug-likeness (QED) is 0.281. The van der Waals surface area contributed by atoms with Crippen molar-refractivity contribution in [1.82, 2.24) is 4.57 Å². The molecule has 3 rings (SSSR count). The van der Waals surface area contributed by atoms with Gasteiger partial charge in [-0.2, -0.15) is 0 Å². The molecule has 1 fully saturated rings. The fourth-order valence-electron chi connectivity index (χ4n) is 3.63. The van der Waals surface area contributed by atoms with Crippen molar-refractivity contribution in [1.29, 1.82) is 0 Å². The Hall–Kier alpha value is -3.58. The average molecular weight is 478 g/mol. The van der Waals surface area contributed by atoms with Gasteiger partial charge in [-0.05, 0) is 18.3 Å². The molecule has 0 spiro atoms. The van der Waals surface area contributed by atoms with Crippen molar-refractivity contribution in [2.45, 2.75) is 45.3 Å². The van der Waals surface area contributed by atoms with Crippen LogP contribution in [0, 0.1) is 0 Å². The van der Waals surface area contributed by atoms with E-state index in [2.05, 4.69) is 10.2 Å². The van der Waals surface area contributed by atoms with Crippen LogP contribution in [0.15, 0.2) is 34.5 Å². The smallest absolute Gasteiger partial charge is 0.303 e. The summed E-state index contributed by atoms with van der Waals surface area (Å²) >= 11 is 4.72. The van der Waals surface area contributed by atoms with E-state index in [1.54, 1.807) is 24.3 Å². The van der Waals surface area contributed by atoms with Gasteiger partial charge in [0.2, 0.25) is 11.0 Å². The summed E-state index contributed by atoms with van der Waals surface area (Å²) in [5.74, 6) is -2.43. The molecule has 0 unspecified atom stereocenters. The number of aromatic hydroxyl groups is 1. The number of azo groups is 1. The van der Waals surface area contributed by atoms with Crippen LogP contribution in [0.3, 0.4) is 0 Å². The largest absolute Gasteiger partial charge is 0.493 e. The molecule has 1 aliphatic heterocycles. The third kappa shape index (κ3) is 5.26. The molecular formula is C20H22N4O8S.